The smallest absolute Gasteiger partial charge is 0.416 e. The van der Waals surface area contributed by atoms with E-state index in [9.17, 15) is 27.9 Å². The van der Waals surface area contributed by atoms with Crippen LogP contribution in [-0.4, -0.2) is 58.7 Å². The summed E-state index contributed by atoms with van der Waals surface area (Å²) in [5.41, 5.74) is 3.82. The first-order valence-electron chi connectivity index (χ1n) is 10.6. The molecule has 1 aliphatic rings. The number of likely N-dealkylation sites (N-methyl/N-ethyl adjacent to an activating group) is 1. The van der Waals surface area contributed by atoms with E-state index in [2.05, 4.69) is 0 Å². The lowest BCUT2D eigenvalue weighted by Gasteiger charge is -2.38. The Hall–Kier alpha value is -2.49. The Morgan fingerprint density at radius 2 is 1.91 bits per heavy atom. The van der Waals surface area contributed by atoms with Gasteiger partial charge in [0.2, 0.25) is 0 Å². The summed E-state index contributed by atoms with van der Waals surface area (Å²) in [5.74, 6) is -1.49. The number of carbonyl (C=O) groups excluding carboxylic acids is 1. The second kappa shape index (κ2) is 9.56. The molecule has 1 amide bonds. The van der Waals surface area contributed by atoms with Crippen molar-refractivity contribution in [1.82, 2.24) is 9.80 Å². The number of anilines is 1. The molecule has 3 N–H and O–H groups in total. The summed E-state index contributed by atoms with van der Waals surface area (Å²) >= 11 is 0. The van der Waals surface area contributed by atoms with Gasteiger partial charge in [0, 0.05) is 31.9 Å². The van der Waals surface area contributed by atoms with Gasteiger partial charge in [-0.1, -0.05) is 6.92 Å². The first-order valence-corrected chi connectivity index (χ1v) is 10.6. The first kappa shape index (κ1) is 25.8. The van der Waals surface area contributed by atoms with E-state index in [4.69, 9.17) is 10.5 Å². The zero-order valence-corrected chi connectivity index (χ0v) is 19.2. The van der Waals surface area contributed by atoms with Crippen molar-refractivity contribution in [3.05, 3.63) is 28.3 Å². The highest BCUT2D eigenvalue weighted by molar-refractivity contribution is 5.95. The Morgan fingerprint density at radius 1 is 1.28 bits per heavy atom. The molecule has 1 heterocycles. The van der Waals surface area contributed by atoms with Crippen LogP contribution in [0.5, 0.6) is 0 Å². The van der Waals surface area contributed by atoms with Gasteiger partial charge in [0.25, 0.3) is 0 Å². The monoisotopic (exact) mass is 459 g/mol. The molecular formula is C22H32F3N3O4. The van der Waals surface area contributed by atoms with Gasteiger partial charge < -0.3 is 20.5 Å². The molecule has 1 fully saturated rings. The van der Waals surface area contributed by atoms with Crippen molar-refractivity contribution in [3.8, 4) is 0 Å². The number of ether oxygens (including phenoxy) is 1. The Morgan fingerprint density at radius 3 is 2.41 bits per heavy atom. The molecule has 1 saturated heterocycles. The fourth-order valence-corrected chi connectivity index (χ4v) is 4.01. The maximum atomic E-state index is 13.8. The van der Waals surface area contributed by atoms with E-state index in [0.29, 0.717) is 32.0 Å². The van der Waals surface area contributed by atoms with Crippen LogP contribution in [0, 0.1) is 0 Å². The predicted molar refractivity (Wildman–Crippen MR) is 114 cm³/mol. The highest BCUT2D eigenvalue weighted by Gasteiger charge is 2.38. The molecule has 0 radical (unpaired) electrons. The summed E-state index contributed by atoms with van der Waals surface area (Å²) in [7, 11) is 1.63. The molecule has 0 saturated carbocycles. The Labute approximate surface area is 186 Å². The van der Waals surface area contributed by atoms with Crippen LogP contribution in [0.1, 0.15) is 67.6 Å². The average molecular weight is 460 g/mol. The summed E-state index contributed by atoms with van der Waals surface area (Å²) < 4.78 is 46.9. The van der Waals surface area contributed by atoms with Gasteiger partial charge in [-0.2, -0.15) is 13.2 Å². The number of carboxylic acid groups (broad SMARTS) is 1. The summed E-state index contributed by atoms with van der Waals surface area (Å²) in [4.78, 5) is 27.2. The number of alkyl halides is 3. The number of hydrogen-bond acceptors (Lipinski definition) is 5. The number of piperidine rings is 1. The lowest BCUT2D eigenvalue weighted by atomic mass is 9.92. The molecule has 10 heteroatoms. The summed E-state index contributed by atoms with van der Waals surface area (Å²) in [6, 6.07) is 0.411. The van der Waals surface area contributed by atoms with E-state index >= 15 is 0 Å². The van der Waals surface area contributed by atoms with E-state index in [1.54, 1.807) is 34.7 Å². The van der Waals surface area contributed by atoms with E-state index in [1.165, 1.54) is 4.90 Å². The summed E-state index contributed by atoms with van der Waals surface area (Å²) in [6.07, 6.45) is -3.63. The van der Waals surface area contributed by atoms with Crippen LogP contribution >= 0.6 is 0 Å². The van der Waals surface area contributed by atoms with Crippen molar-refractivity contribution >= 4 is 17.7 Å². The third-order valence-corrected chi connectivity index (χ3v) is 5.57. The summed E-state index contributed by atoms with van der Waals surface area (Å²) in [5, 5.41) is 9.31. The molecule has 0 unspecified atom stereocenters. The predicted octanol–water partition coefficient (Wildman–Crippen LogP) is 4.38. The van der Waals surface area contributed by atoms with Crippen LogP contribution in [0.25, 0.3) is 0 Å². The van der Waals surface area contributed by atoms with Crippen molar-refractivity contribution < 1.29 is 32.6 Å². The van der Waals surface area contributed by atoms with Crippen LogP contribution in [0.15, 0.2) is 6.07 Å². The molecule has 0 aromatic heterocycles. The molecule has 0 spiro atoms. The number of amides is 1. The Kier molecular flexibility index (Phi) is 7.70. The zero-order chi connectivity index (χ0) is 24.4. The largest absolute Gasteiger partial charge is 0.478 e. The molecular weight excluding hydrogens is 427 g/mol. The second-order valence-corrected chi connectivity index (χ2v) is 9.12. The normalized spacial score (nSPS) is 17.8. The van der Waals surface area contributed by atoms with Crippen molar-refractivity contribution in [1.29, 1.82) is 0 Å². The van der Waals surface area contributed by atoms with E-state index < -0.39 is 35.0 Å². The fourth-order valence-electron chi connectivity index (χ4n) is 4.01. The maximum absolute atomic E-state index is 13.8. The molecule has 7 nitrogen and oxygen atoms in total. The second-order valence-electron chi connectivity index (χ2n) is 9.12. The molecule has 180 valence electrons. The van der Waals surface area contributed by atoms with Gasteiger partial charge in [-0.05, 0) is 63.8 Å². The standard InChI is InChI=1S/C22H32F3N3O4/c1-6-14-16(17(22(23,24)25)10-15(18(14)26)19(29)30)12-28-9-7-8-13(11-28)27(5)20(31)32-21(2,3)4/h10,13H,6-9,11-12,26H2,1-5H3,(H,29,30)/t13-/m0/s1. The molecule has 1 aliphatic heterocycles. The number of carbonyl (C=O) groups is 2. The average Bonchev–Trinajstić information content (AvgIpc) is 2.65. The van der Waals surface area contributed by atoms with Crippen molar-refractivity contribution in [2.75, 3.05) is 25.9 Å². The molecule has 32 heavy (non-hydrogen) atoms. The molecule has 1 aromatic carbocycles. The SMILES string of the molecule is CCc1c(N)c(C(=O)O)cc(C(F)(F)F)c1CN1CCC[C@H](N(C)C(=O)OC(C)(C)C)C1. The van der Waals surface area contributed by atoms with Gasteiger partial charge >= 0.3 is 18.2 Å². The van der Waals surface area contributed by atoms with Crippen molar-refractivity contribution in [2.45, 2.75) is 71.3 Å². The van der Waals surface area contributed by atoms with Crippen LogP contribution < -0.4 is 5.73 Å². The van der Waals surface area contributed by atoms with Crippen LogP contribution in [0.4, 0.5) is 23.7 Å². The topological polar surface area (TPSA) is 96.1 Å². The molecule has 1 aromatic rings. The maximum Gasteiger partial charge on any atom is 0.416 e. The van der Waals surface area contributed by atoms with Crippen LogP contribution in [0.3, 0.4) is 0 Å². The van der Waals surface area contributed by atoms with E-state index in [0.717, 1.165) is 0 Å². The summed E-state index contributed by atoms with van der Waals surface area (Å²) in [6.45, 7) is 7.83. The number of rotatable bonds is 5. The molecule has 0 aliphatic carbocycles. The molecule has 1 atom stereocenters. The number of likely N-dealkylation sites (tertiary alicyclic amines) is 1. The number of nitrogens with zero attached hydrogens (tertiary/aromatic N) is 2. The number of aromatic carboxylic acids is 1. The van der Waals surface area contributed by atoms with Gasteiger partial charge in [-0.3, -0.25) is 4.90 Å². The third kappa shape index (κ3) is 6.05. The zero-order valence-electron chi connectivity index (χ0n) is 19.2. The number of nitrogen functional groups attached to an aromatic ring is 1. The number of carboxylic acids is 1. The van der Waals surface area contributed by atoms with Crippen molar-refractivity contribution in [2.24, 2.45) is 0 Å². The highest BCUT2D eigenvalue weighted by Crippen LogP contribution is 2.38. The Bertz CT molecular complexity index is 865. The number of hydrogen-bond donors (Lipinski definition) is 2. The lowest BCUT2D eigenvalue weighted by Crippen LogP contribution is -2.49. The highest BCUT2D eigenvalue weighted by atomic mass is 19.4. The number of nitrogens with two attached hydrogens (primary N) is 1. The minimum atomic E-state index is -4.72. The van der Waals surface area contributed by atoms with Crippen LogP contribution in [-0.2, 0) is 23.9 Å². The van der Waals surface area contributed by atoms with Gasteiger partial charge in [0.15, 0.2) is 0 Å². The minimum absolute atomic E-state index is 0.0110. The Balaban J connectivity index is 2.34. The van der Waals surface area contributed by atoms with E-state index in [-0.39, 0.29) is 35.8 Å². The third-order valence-electron chi connectivity index (χ3n) is 5.57. The number of benzene rings is 1. The van der Waals surface area contributed by atoms with Gasteiger partial charge in [0.1, 0.15) is 5.60 Å². The van der Waals surface area contributed by atoms with Gasteiger partial charge in [0.05, 0.1) is 11.1 Å². The quantitative estimate of drug-likeness (QED) is 0.635. The van der Waals surface area contributed by atoms with Crippen molar-refractivity contribution in [3.63, 3.8) is 0 Å². The lowest BCUT2D eigenvalue weighted by molar-refractivity contribution is -0.138. The van der Waals surface area contributed by atoms with Gasteiger partial charge in [-0.15, -0.1) is 0 Å². The van der Waals surface area contributed by atoms with E-state index in [1.807, 2.05) is 4.90 Å². The van der Waals surface area contributed by atoms with Crippen LogP contribution in [0.2, 0.25) is 0 Å². The minimum Gasteiger partial charge on any atom is -0.478 e. The molecule has 2 rings (SSSR count). The number of halogens is 3. The molecule has 0 bridgehead atoms. The van der Waals surface area contributed by atoms with Gasteiger partial charge in [-0.25, -0.2) is 9.59 Å². The first-order chi connectivity index (χ1) is 14.7. The fraction of sp³-hybridized carbons (Fsp3) is 0.636.